The summed E-state index contributed by atoms with van der Waals surface area (Å²) in [5.74, 6) is 0.0286. The van der Waals surface area contributed by atoms with Gasteiger partial charge in [0, 0.05) is 13.1 Å². The van der Waals surface area contributed by atoms with Crippen LogP contribution in [0, 0.1) is 6.92 Å². The van der Waals surface area contributed by atoms with Crippen molar-refractivity contribution in [1.82, 2.24) is 19.9 Å². The lowest BCUT2D eigenvalue weighted by atomic mass is 10.4. The van der Waals surface area contributed by atoms with E-state index in [-0.39, 0.29) is 10.9 Å². The minimum Gasteiger partial charge on any atom is -0.360 e. The number of nitrogens with zero attached hydrogens (tertiary/aromatic N) is 4. The van der Waals surface area contributed by atoms with Crippen LogP contribution in [0.5, 0.6) is 0 Å². The summed E-state index contributed by atoms with van der Waals surface area (Å²) < 4.78 is 30.0. The normalized spacial score (nSPS) is 11.9. The van der Waals surface area contributed by atoms with Crippen LogP contribution in [0.3, 0.4) is 0 Å². The highest BCUT2D eigenvalue weighted by atomic mass is 32.2. The molecule has 2 rings (SSSR count). The van der Waals surface area contributed by atoms with Gasteiger partial charge in [0.2, 0.25) is 15.0 Å². The number of hydrogen-bond acceptors (Lipinski definition) is 6. The molecule has 0 radical (unpaired) electrons. The predicted molar refractivity (Wildman–Crippen MR) is 53.1 cm³/mol. The lowest BCUT2D eigenvalue weighted by molar-refractivity contribution is 0.388. The van der Waals surface area contributed by atoms with Crippen LogP contribution in [-0.4, -0.2) is 28.3 Å². The predicted octanol–water partition coefficient (Wildman–Crippen LogP) is 0.0854. The van der Waals surface area contributed by atoms with E-state index in [1.165, 1.54) is 10.9 Å². The molecule has 2 aromatic rings. The zero-order valence-electron chi connectivity index (χ0n) is 8.78. The van der Waals surface area contributed by atoms with Gasteiger partial charge in [-0.15, -0.1) is 10.2 Å². The summed E-state index contributed by atoms with van der Waals surface area (Å²) in [6.45, 7) is 1.72. The van der Waals surface area contributed by atoms with Crippen molar-refractivity contribution in [2.75, 3.05) is 0 Å². The molecule has 2 heterocycles. The molecule has 0 saturated carbocycles. The number of sulfone groups is 1. The third-order valence-corrected chi connectivity index (χ3v) is 3.55. The Hall–Kier alpha value is -1.70. The molecule has 0 aliphatic heterocycles. The molecule has 0 fully saturated rings. The summed E-state index contributed by atoms with van der Waals surface area (Å²) in [7, 11) is -1.96. The molecule has 8 heteroatoms. The molecule has 0 unspecified atom stereocenters. The van der Waals surface area contributed by atoms with E-state index in [0.29, 0.717) is 11.5 Å². The first-order chi connectivity index (χ1) is 7.49. The Morgan fingerprint density at radius 3 is 2.75 bits per heavy atom. The van der Waals surface area contributed by atoms with Crippen LogP contribution in [0.4, 0.5) is 0 Å². The highest BCUT2D eigenvalue weighted by Crippen LogP contribution is 2.13. The first-order valence-electron chi connectivity index (χ1n) is 4.48. The van der Waals surface area contributed by atoms with E-state index in [1.807, 2.05) is 0 Å². The van der Waals surface area contributed by atoms with E-state index in [2.05, 4.69) is 15.4 Å². The molecule has 0 saturated heterocycles. The zero-order chi connectivity index (χ0) is 11.8. The summed E-state index contributed by atoms with van der Waals surface area (Å²) in [4.78, 5) is 0. The fourth-order valence-corrected chi connectivity index (χ4v) is 2.59. The fourth-order valence-electron chi connectivity index (χ4n) is 1.29. The second-order valence-corrected chi connectivity index (χ2v) is 5.30. The van der Waals surface area contributed by atoms with Gasteiger partial charge in [-0.05, 0) is 6.92 Å². The van der Waals surface area contributed by atoms with Gasteiger partial charge in [0.1, 0.15) is 12.1 Å². The van der Waals surface area contributed by atoms with Crippen LogP contribution in [0.1, 0.15) is 11.5 Å². The average Bonchev–Trinajstić information content (AvgIpc) is 2.74. The number of hydrogen-bond donors (Lipinski definition) is 0. The Kier molecular flexibility index (Phi) is 2.50. The van der Waals surface area contributed by atoms with Crippen molar-refractivity contribution in [2.24, 2.45) is 7.05 Å². The average molecular weight is 242 g/mol. The molecule has 16 heavy (non-hydrogen) atoms. The maximum Gasteiger partial charge on any atom is 0.249 e. The van der Waals surface area contributed by atoms with Crippen LogP contribution in [0.25, 0.3) is 0 Å². The second-order valence-electron chi connectivity index (χ2n) is 3.42. The minimum absolute atomic E-state index is 0.0819. The molecule has 86 valence electrons. The zero-order valence-corrected chi connectivity index (χ0v) is 9.60. The molecular formula is C8H10N4O3S. The van der Waals surface area contributed by atoms with Gasteiger partial charge < -0.3 is 9.09 Å². The van der Waals surface area contributed by atoms with Crippen LogP contribution < -0.4 is 0 Å². The van der Waals surface area contributed by atoms with Crippen LogP contribution in [0.15, 0.2) is 22.1 Å². The molecule has 0 aromatic carbocycles. The van der Waals surface area contributed by atoms with Gasteiger partial charge in [-0.2, -0.15) is 0 Å². The topological polar surface area (TPSA) is 90.9 Å². The van der Waals surface area contributed by atoms with E-state index in [4.69, 9.17) is 4.52 Å². The summed E-state index contributed by atoms with van der Waals surface area (Å²) in [6.07, 6.45) is 1.33. The van der Waals surface area contributed by atoms with Crippen molar-refractivity contribution in [3.05, 3.63) is 23.8 Å². The van der Waals surface area contributed by atoms with Crippen molar-refractivity contribution in [3.63, 3.8) is 0 Å². The maximum atomic E-state index is 11.9. The lowest BCUT2D eigenvalue weighted by Gasteiger charge is -1.99. The highest BCUT2D eigenvalue weighted by molar-refractivity contribution is 7.90. The first kappa shape index (κ1) is 10.8. The van der Waals surface area contributed by atoms with Crippen molar-refractivity contribution in [3.8, 4) is 0 Å². The Bertz CT molecular complexity index is 598. The summed E-state index contributed by atoms with van der Waals surface area (Å²) in [6, 6.07) is 1.58. The lowest BCUT2D eigenvalue weighted by Crippen LogP contribution is -2.10. The van der Waals surface area contributed by atoms with E-state index >= 15 is 0 Å². The Balaban J connectivity index is 2.31. The van der Waals surface area contributed by atoms with E-state index in [1.54, 1.807) is 20.0 Å². The number of aromatic nitrogens is 4. The quantitative estimate of drug-likeness (QED) is 0.757. The molecule has 0 bridgehead atoms. The molecule has 7 nitrogen and oxygen atoms in total. The fraction of sp³-hybridized carbons (Fsp3) is 0.375. The molecular weight excluding hydrogens is 232 g/mol. The third-order valence-electron chi connectivity index (χ3n) is 1.96. The Morgan fingerprint density at radius 1 is 1.50 bits per heavy atom. The van der Waals surface area contributed by atoms with Gasteiger partial charge in [-0.25, -0.2) is 8.42 Å². The van der Waals surface area contributed by atoms with E-state index < -0.39 is 9.84 Å². The standard InChI is InChI=1S/C8H10N4O3S/c1-6-3-7(15-11-6)4-16(13,14)8-10-9-5-12(8)2/h3,5H,4H2,1-2H3. The molecule has 0 aliphatic carbocycles. The van der Waals surface area contributed by atoms with Crippen molar-refractivity contribution in [1.29, 1.82) is 0 Å². The van der Waals surface area contributed by atoms with Crippen LogP contribution in [-0.2, 0) is 22.6 Å². The van der Waals surface area contributed by atoms with Gasteiger partial charge >= 0.3 is 0 Å². The molecule has 0 N–H and O–H groups in total. The maximum absolute atomic E-state index is 11.9. The van der Waals surface area contributed by atoms with Gasteiger partial charge in [0.05, 0.1) is 5.69 Å². The largest absolute Gasteiger partial charge is 0.360 e. The molecule has 0 amide bonds. The minimum atomic E-state index is -3.53. The highest BCUT2D eigenvalue weighted by Gasteiger charge is 2.22. The number of rotatable bonds is 3. The number of aryl methyl sites for hydroxylation is 2. The Labute approximate surface area is 92.0 Å². The van der Waals surface area contributed by atoms with E-state index in [0.717, 1.165) is 0 Å². The van der Waals surface area contributed by atoms with Gasteiger partial charge in [-0.1, -0.05) is 5.16 Å². The van der Waals surface area contributed by atoms with Crippen LogP contribution >= 0.6 is 0 Å². The molecule has 0 atom stereocenters. The van der Waals surface area contributed by atoms with Crippen molar-refractivity contribution < 1.29 is 12.9 Å². The Morgan fingerprint density at radius 2 is 2.25 bits per heavy atom. The molecule has 2 aromatic heterocycles. The first-order valence-corrected chi connectivity index (χ1v) is 6.13. The molecule has 0 spiro atoms. The van der Waals surface area contributed by atoms with Gasteiger partial charge in [-0.3, -0.25) is 0 Å². The summed E-state index contributed by atoms with van der Waals surface area (Å²) in [5.41, 5.74) is 0.642. The van der Waals surface area contributed by atoms with Gasteiger partial charge in [0.25, 0.3) is 0 Å². The van der Waals surface area contributed by atoms with Gasteiger partial charge in [0.15, 0.2) is 5.76 Å². The summed E-state index contributed by atoms with van der Waals surface area (Å²) >= 11 is 0. The smallest absolute Gasteiger partial charge is 0.249 e. The van der Waals surface area contributed by atoms with Crippen molar-refractivity contribution >= 4 is 9.84 Å². The molecule has 0 aliphatic rings. The van der Waals surface area contributed by atoms with E-state index in [9.17, 15) is 8.42 Å². The van der Waals surface area contributed by atoms with Crippen LogP contribution in [0.2, 0.25) is 0 Å². The second kappa shape index (κ2) is 3.71. The van der Waals surface area contributed by atoms with Crippen molar-refractivity contribution in [2.45, 2.75) is 17.8 Å². The third kappa shape index (κ3) is 1.96. The summed E-state index contributed by atoms with van der Waals surface area (Å²) in [5, 5.41) is 10.6. The monoisotopic (exact) mass is 242 g/mol. The SMILES string of the molecule is Cc1cc(CS(=O)(=O)c2nncn2C)on1.